The van der Waals surface area contributed by atoms with Crippen LogP contribution in [0.15, 0.2) is 79.0 Å². The Labute approximate surface area is 133 Å². The van der Waals surface area contributed by atoms with Crippen LogP contribution in [0.4, 0.5) is 0 Å². The summed E-state index contributed by atoms with van der Waals surface area (Å²) in [7, 11) is 0. The molecule has 4 aromatic rings. The van der Waals surface area contributed by atoms with Gasteiger partial charge in [0.2, 0.25) is 0 Å². The van der Waals surface area contributed by atoms with E-state index in [2.05, 4.69) is 16.5 Å². The van der Waals surface area contributed by atoms with E-state index in [1.165, 1.54) is 0 Å². The van der Waals surface area contributed by atoms with Gasteiger partial charge in [-0.2, -0.15) is 0 Å². The number of pyridine rings is 1. The normalized spacial score (nSPS) is 11.0. The van der Waals surface area contributed by atoms with Gasteiger partial charge < -0.3 is 0 Å². The molecule has 22 heavy (non-hydrogen) atoms. The van der Waals surface area contributed by atoms with Gasteiger partial charge in [-0.3, -0.25) is 4.40 Å². The molecule has 0 spiro atoms. The van der Waals surface area contributed by atoms with Crippen molar-refractivity contribution in [2.45, 2.75) is 0 Å². The molecular weight excluding hydrogens is 292 g/mol. The van der Waals surface area contributed by atoms with E-state index in [9.17, 15) is 0 Å². The molecule has 0 atom stereocenters. The zero-order chi connectivity index (χ0) is 14.9. The first-order valence-corrected chi connectivity index (χ1v) is 7.50. The Kier molecular flexibility index (Phi) is 3.17. The van der Waals surface area contributed by atoms with Gasteiger partial charge in [-0.25, -0.2) is 4.98 Å². The number of halogens is 1. The van der Waals surface area contributed by atoms with Crippen molar-refractivity contribution in [3.05, 3.63) is 84.0 Å². The summed E-state index contributed by atoms with van der Waals surface area (Å²) in [4.78, 5) is 4.80. The van der Waals surface area contributed by atoms with E-state index >= 15 is 0 Å². The summed E-state index contributed by atoms with van der Waals surface area (Å²) in [5.74, 6) is 0. The second-order valence-corrected chi connectivity index (χ2v) is 5.49. The van der Waals surface area contributed by atoms with Crippen molar-refractivity contribution in [1.82, 2.24) is 9.38 Å². The van der Waals surface area contributed by atoms with Gasteiger partial charge in [-0.05, 0) is 18.2 Å². The van der Waals surface area contributed by atoms with Crippen LogP contribution in [0.25, 0.3) is 28.2 Å². The number of benzene rings is 2. The molecule has 0 saturated heterocycles. The first-order valence-electron chi connectivity index (χ1n) is 7.12. The van der Waals surface area contributed by atoms with Crippen molar-refractivity contribution in [3.63, 3.8) is 0 Å². The van der Waals surface area contributed by atoms with Gasteiger partial charge in [0.15, 0.2) is 0 Å². The fraction of sp³-hybridized carbons (Fsp3) is 0. The summed E-state index contributed by atoms with van der Waals surface area (Å²) >= 11 is 6.40. The second kappa shape index (κ2) is 5.32. The van der Waals surface area contributed by atoms with Gasteiger partial charge in [0.1, 0.15) is 5.65 Å². The monoisotopic (exact) mass is 304 g/mol. The molecular formula is C19H13ClN2. The first kappa shape index (κ1) is 13.1. The summed E-state index contributed by atoms with van der Waals surface area (Å²) in [5, 5.41) is 0.711. The van der Waals surface area contributed by atoms with Crippen LogP contribution in [-0.4, -0.2) is 9.38 Å². The molecule has 0 unspecified atom stereocenters. The molecule has 3 heteroatoms. The Hall–Kier alpha value is -2.58. The van der Waals surface area contributed by atoms with Gasteiger partial charge >= 0.3 is 0 Å². The van der Waals surface area contributed by atoms with Crippen LogP contribution < -0.4 is 0 Å². The number of hydrogen-bond acceptors (Lipinski definition) is 1. The summed E-state index contributed by atoms with van der Waals surface area (Å²) in [6.45, 7) is 0. The van der Waals surface area contributed by atoms with Gasteiger partial charge in [0, 0.05) is 17.3 Å². The number of fused-ring (bicyclic) bond motifs is 1. The first-order chi connectivity index (χ1) is 10.8. The van der Waals surface area contributed by atoms with Crippen LogP contribution >= 0.6 is 11.6 Å². The van der Waals surface area contributed by atoms with Crippen LogP contribution in [-0.2, 0) is 0 Å². The molecule has 2 heterocycles. The van der Waals surface area contributed by atoms with Gasteiger partial charge in [-0.1, -0.05) is 66.2 Å². The van der Waals surface area contributed by atoms with Crippen LogP contribution in [0.1, 0.15) is 0 Å². The molecule has 106 valence electrons. The second-order valence-electron chi connectivity index (χ2n) is 5.08. The topological polar surface area (TPSA) is 17.3 Å². The smallest absolute Gasteiger partial charge is 0.137 e. The zero-order valence-corrected chi connectivity index (χ0v) is 12.5. The average molecular weight is 305 g/mol. The minimum atomic E-state index is 0.711. The summed E-state index contributed by atoms with van der Waals surface area (Å²) in [6, 6.07) is 24.1. The molecule has 2 nitrogen and oxygen atoms in total. The quantitative estimate of drug-likeness (QED) is 0.490. The Bertz CT molecular complexity index is 942. The number of rotatable bonds is 2. The number of aromatic nitrogens is 2. The van der Waals surface area contributed by atoms with Gasteiger partial charge in [0.25, 0.3) is 0 Å². The highest BCUT2D eigenvalue weighted by Gasteiger charge is 2.17. The lowest BCUT2D eigenvalue weighted by Crippen LogP contribution is -1.89. The zero-order valence-electron chi connectivity index (χ0n) is 11.8. The predicted octanol–water partition coefficient (Wildman–Crippen LogP) is 5.32. The van der Waals surface area contributed by atoms with Gasteiger partial charge in [0.05, 0.1) is 16.4 Å². The Balaban J connectivity index is 2.09. The lowest BCUT2D eigenvalue weighted by atomic mass is 10.0. The third kappa shape index (κ3) is 2.09. The molecule has 0 amide bonds. The molecule has 0 fully saturated rings. The van der Waals surface area contributed by atoms with Crippen LogP contribution in [0.5, 0.6) is 0 Å². The van der Waals surface area contributed by atoms with E-state index in [0.29, 0.717) is 5.02 Å². The Morgan fingerprint density at radius 1 is 0.773 bits per heavy atom. The lowest BCUT2D eigenvalue weighted by molar-refractivity contribution is 1.19. The van der Waals surface area contributed by atoms with Crippen molar-refractivity contribution in [3.8, 4) is 22.5 Å². The van der Waals surface area contributed by atoms with Crippen molar-refractivity contribution in [2.75, 3.05) is 0 Å². The van der Waals surface area contributed by atoms with E-state index in [4.69, 9.17) is 16.6 Å². The standard InChI is InChI=1S/C19H13ClN2/c20-16-11-5-4-10-15(16)18-19(14-8-2-1-3-9-14)22-13-7-6-12-17(22)21-18/h1-13H. The summed E-state index contributed by atoms with van der Waals surface area (Å²) in [5.41, 5.74) is 4.95. The summed E-state index contributed by atoms with van der Waals surface area (Å²) in [6.07, 6.45) is 2.03. The van der Waals surface area contributed by atoms with Crippen molar-refractivity contribution >= 4 is 17.2 Å². The van der Waals surface area contributed by atoms with E-state index < -0.39 is 0 Å². The number of imidazole rings is 1. The maximum Gasteiger partial charge on any atom is 0.137 e. The minimum Gasteiger partial charge on any atom is -0.299 e. The van der Waals surface area contributed by atoms with Crippen molar-refractivity contribution in [2.24, 2.45) is 0 Å². The molecule has 0 saturated carbocycles. The van der Waals surface area contributed by atoms with E-state index in [-0.39, 0.29) is 0 Å². The fourth-order valence-electron chi connectivity index (χ4n) is 2.71. The Morgan fingerprint density at radius 2 is 1.50 bits per heavy atom. The highest BCUT2D eigenvalue weighted by atomic mass is 35.5. The number of nitrogens with zero attached hydrogens (tertiary/aromatic N) is 2. The lowest BCUT2D eigenvalue weighted by Gasteiger charge is -2.06. The van der Waals surface area contributed by atoms with E-state index in [1.807, 2.05) is 66.9 Å². The Morgan fingerprint density at radius 3 is 2.32 bits per heavy atom. The molecule has 0 aliphatic carbocycles. The minimum absolute atomic E-state index is 0.711. The molecule has 4 rings (SSSR count). The number of hydrogen-bond donors (Lipinski definition) is 0. The average Bonchev–Trinajstić information content (AvgIpc) is 2.95. The molecule has 2 aromatic heterocycles. The third-order valence-electron chi connectivity index (χ3n) is 3.71. The highest BCUT2D eigenvalue weighted by molar-refractivity contribution is 6.33. The van der Waals surface area contributed by atoms with Gasteiger partial charge in [-0.15, -0.1) is 0 Å². The molecule has 0 bridgehead atoms. The molecule has 0 aliphatic rings. The maximum absolute atomic E-state index is 6.40. The largest absolute Gasteiger partial charge is 0.299 e. The maximum atomic E-state index is 6.40. The van der Waals surface area contributed by atoms with Crippen molar-refractivity contribution < 1.29 is 0 Å². The SMILES string of the molecule is Clc1ccccc1-c1nc2ccccn2c1-c1ccccc1. The highest BCUT2D eigenvalue weighted by Crippen LogP contribution is 2.35. The van der Waals surface area contributed by atoms with E-state index in [0.717, 1.165) is 28.2 Å². The third-order valence-corrected chi connectivity index (χ3v) is 4.04. The van der Waals surface area contributed by atoms with E-state index in [1.54, 1.807) is 0 Å². The molecule has 0 N–H and O–H groups in total. The van der Waals surface area contributed by atoms with Crippen LogP contribution in [0, 0.1) is 0 Å². The van der Waals surface area contributed by atoms with Crippen LogP contribution in [0.2, 0.25) is 5.02 Å². The molecule has 2 aromatic carbocycles. The molecule has 0 aliphatic heterocycles. The van der Waals surface area contributed by atoms with Crippen molar-refractivity contribution in [1.29, 1.82) is 0 Å². The molecule has 0 radical (unpaired) electrons. The fourth-order valence-corrected chi connectivity index (χ4v) is 2.93. The summed E-state index contributed by atoms with van der Waals surface area (Å²) < 4.78 is 2.11. The predicted molar refractivity (Wildman–Crippen MR) is 91.1 cm³/mol. The van der Waals surface area contributed by atoms with Crippen LogP contribution in [0.3, 0.4) is 0 Å².